The molecule has 0 saturated carbocycles. The summed E-state index contributed by atoms with van der Waals surface area (Å²) >= 11 is 1.08. The maximum Gasteiger partial charge on any atom is 0.277 e. The van der Waals surface area contributed by atoms with Crippen molar-refractivity contribution in [3.8, 4) is 11.5 Å². The lowest BCUT2D eigenvalue weighted by Crippen LogP contribution is -2.17. The maximum absolute atomic E-state index is 12.1. The van der Waals surface area contributed by atoms with Crippen LogP contribution in [-0.2, 0) is 14.8 Å². The number of benzene rings is 2. The fourth-order valence-corrected chi connectivity index (χ4v) is 3.76. The van der Waals surface area contributed by atoms with Gasteiger partial charge in [-0.2, -0.15) is 0 Å². The lowest BCUT2D eigenvalue weighted by Gasteiger charge is -2.08. The van der Waals surface area contributed by atoms with Crippen LogP contribution in [0.3, 0.4) is 0 Å². The quantitative estimate of drug-likeness (QED) is 0.589. The van der Waals surface area contributed by atoms with Crippen molar-refractivity contribution < 1.29 is 17.6 Å². The second kappa shape index (κ2) is 8.13. The first kappa shape index (κ1) is 20.1. The number of rotatable bonds is 6. The molecule has 3 N–H and O–H groups in total. The summed E-state index contributed by atoms with van der Waals surface area (Å²) in [6.07, 6.45) is 0. The number of amides is 1. The van der Waals surface area contributed by atoms with Crippen LogP contribution in [-0.4, -0.2) is 30.3 Å². The molecule has 146 valence electrons. The number of nitrogens with zero attached hydrogens (tertiary/aromatic N) is 2. The van der Waals surface area contributed by atoms with E-state index in [-0.39, 0.29) is 21.8 Å². The summed E-state index contributed by atoms with van der Waals surface area (Å²) in [4.78, 5) is 12.1. The molecule has 0 fully saturated rings. The van der Waals surface area contributed by atoms with Gasteiger partial charge in [0.05, 0.1) is 10.6 Å². The van der Waals surface area contributed by atoms with Gasteiger partial charge >= 0.3 is 0 Å². The molecule has 0 atom stereocenters. The van der Waals surface area contributed by atoms with E-state index in [1.807, 2.05) is 31.2 Å². The summed E-state index contributed by atoms with van der Waals surface area (Å²) in [6.45, 7) is 3.61. The number of hydrogen-bond acceptors (Lipinski definition) is 7. The van der Waals surface area contributed by atoms with Crippen LogP contribution in [0.4, 0.5) is 5.69 Å². The Hall–Kier alpha value is -2.69. The van der Waals surface area contributed by atoms with Crippen molar-refractivity contribution in [3.63, 3.8) is 0 Å². The highest BCUT2D eigenvalue weighted by molar-refractivity contribution is 7.99. The number of carbonyl (C=O) groups is 1. The minimum atomic E-state index is -3.86. The Morgan fingerprint density at radius 2 is 1.86 bits per heavy atom. The molecule has 28 heavy (non-hydrogen) atoms. The summed E-state index contributed by atoms with van der Waals surface area (Å²) in [5, 5.41) is 16.0. The van der Waals surface area contributed by atoms with Crippen LogP contribution in [0.1, 0.15) is 11.1 Å². The molecule has 1 aromatic heterocycles. The molecule has 0 aliphatic heterocycles. The molecular formula is C18H18N4O4S2. The molecule has 3 aromatic rings. The van der Waals surface area contributed by atoms with Crippen molar-refractivity contribution >= 4 is 33.4 Å². The molecule has 0 unspecified atom stereocenters. The van der Waals surface area contributed by atoms with Gasteiger partial charge in [0.1, 0.15) is 0 Å². The summed E-state index contributed by atoms with van der Waals surface area (Å²) in [5.41, 5.74) is 2.76. The number of sulfonamides is 1. The van der Waals surface area contributed by atoms with Gasteiger partial charge in [0, 0.05) is 11.3 Å². The van der Waals surface area contributed by atoms with Gasteiger partial charge < -0.3 is 9.73 Å². The Morgan fingerprint density at radius 3 is 2.54 bits per heavy atom. The fraction of sp³-hybridized carbons (Fsp3) is 0.167. The van der Waals surface area contributed by atoms with Crippen LogP contribution in [0.25, 0.3) is 11.5 Å². The zero-order valence-electron chi connectivity index (χ0n) is 15.2. The number of primary sulfonamides is 1. The number of nitrogens with two attached hydrogens (primary N) is 1. The third-order valence-electron chi connectivity index (χ3n) is 3.81. The second-order valence-corrected chi connectivity index (χ2v) is 8.56. The van der Waals surface area contributed by atoms with Gasteiger partial charge in [-0.3, -0.25) is 4.79 Å². The van der Waals surface area contributed by atoms with Gasteiger partial charge in [0.2, 0.25) is 21.8 Å². The van der Waals surface area contributed by atoms with Crippen molar-refractivity contribution in [1.82, 2.24) is 10.2 Å². The average Bonchev–Trinajstić information content (AvgIpc) is 3.10. The predicted molar refractivity (Wildman–Crippen MR) is 106 cm³/mol. The van der Waals surface area contributed by atoms with Gasteiger partial charge in [-0.05, 0) is 43.7 Å². The SMILES string of the molecule is Cc1ccc(-c2nnc(SCC(=O)Nc3ccc(C)c(S(N)(=O)=O)c3)o2)cc1. The number of aryl methyl sites for hydroxylation is 2. The molecule has 2 aromatic carbocycles. The van der Waals surface area contributed by atoms with Crippen molar-refractivity contribution in [3.05, 3.63) is 53.6 Å². The van der Waals surface area contributed by atoms with E-state index in [1.54, 1.807) is 19.1 Å². The molecule has 0 radical (unpaired) electrons. The number of thioether (sulfide) groups is 1. The van der Waals surface area contributed by atoms with Crippen molar-refractivity contribution in [2.45, 2.75) is 24.0 Å². The zero-order chi connectivity index (χ0) is 20.3. The molecule has 8 nitrogen and oxygen atoms in total. The third kappa shape index (κ3) is 4.97. The Balaban J connectivity index is 1.62. The first-order valence-corrected chi connectivity index (χ1v) is 10.7. The standard InChI is InChI=1S/C18H18N4O4S2/c1-11-3-6-13(7-4-11)17-21-22-18(26-17)27-10-16(23)20-14-8-5-12(2)15(9-14)28(19,24)25/h3-9H,10H2,1-2H3,(H,20,23)(H2,19,24,25). The van der Waals surface area contributed by atoms with E-state index in [9.17, 15) is 13.2 Å². The van der Waals surface area contributed by atoms with Crippen LogP contribution < -0.4 is 10.5 Å². The van der Waals surface area contributed by atoms with E-state index in [1.165, 1.54) is 6.07 Å². The number of aromatic nitrogens is 2. The Morgan fingerprint density at radius 1 is 1.14 bits per heavy atom. The van der Waals surface area contributed by atoms with Crippen LogP contribution in [0.15, 0.2) is 57.0 Å². The van der Waals surface area contributed by atoms with Gasteiger partial charge in [-0.1, -0.05) is 35.5 Å². The Kier molecular flexibility index (Phi) is 5.82. The van der Waals surface area contributed by atoms with Crippen molar-refractivity contribution in [1.29, 1.82) is 0 Å². The van der Waals surface area contributed by atoms with E-state index in [0.717, 1.165) is 22.9 Å². The molecule has 1 heterocycles. The van der Waals surface area contributed by atoms with E-state index >= 15 is 0 Å². The topological polar surface area (TPSA) is 128 Å². The number of carbonyl (C=O) groups excluding carboxylic acids is 1. The third-order valence-corrected chi connectivity index (χ3v) is 5.68. The molecular weight excluding hydrogens is 400 g/mol. The van der Waals surface area contributed by atoms with Crippen molar-refractivity contribution in [2.24, 2.45) is 5.14 Å². The molecule has 0 bridgehead atoms. The average molecular weight is 419 g/mol. The lowest BCUT2D eigenvalue weighted by molar-refractivity contribution is -0.113. The van der Waals surface area contributed by atoms with E-state index in [4.69, 9.17) is 9.56 Å². The summed E-state index contributed by atoms with van der Waals surface area (Å²) in [7, 11) is -3.86. The van der Waals surface area contributed by atoms with Crippen LogP contribution in [0.5, 0.6) is 0 Å². The smallest absolute Gasteiger partial charge is 0.277 e. The molecule has 0 saturated heterocycles. The Bertz CT molecular complexity index is 1110. The van der Waals surface area contributed by atoms with Crippen LogP contribution >= 0.6 is 11.8 Å². The molecule has 3 rings (SSSR count). The van der Waals surface area contributed by atoms with Crippen LogP contribution in [0.2, 0.25) is 0 Å². The summed E-state index contributed by atoms with van der Waals surface area (Å²) in [6, 6.07) is 12.2. The number of hydrogen-bond donors (Lipinski definition) is 2. The molecule has 0 spiro atoms. The maximum atomic E-state index is 12.1. The van der Waals surface area contributed by atoms with Gasteiger partial charge in [0.15, 0.2) is 0 Å². The van der Waals surface area contributed by atoms with Gasteiger partial charge in [-0.15, -0.1) is 10.2 Å². The minimum absolute atomic E-state index is 0.0219. The summed E-state index contributed by atoms with van der Waals surface area (Å²) < 4.78 is 28.7. The zero-order valence-corrected chi connectivity index (χ0v) is 16.8. The van der Waals surface area contributed by atoms with Crippen LogP contribution in [0, 0.1) is 13.8 Å². The van der Waals surface area contributed by atoms with E-state index in [2.05, 4.69) is 15.5 Å². The second-order valence-electron chi connectivity index (χ2n) is 6.10. The van der Waals surface area contributed by atoms with Gasteiger partial charge in [0.25, 0.3) is 5.22 Å². The molecule has 0 aliphatic carbocycles. The highest BCUT2D eigenvalue weighted by Crippen LogP contribution is 2.24. The summed E-state index contributed by atoms with van der Waals surface area (Å²) in [5.74, 6) is 0.0530. The monoisotopic (exact) mass is 418 g/mol. The molecule has 1 amide bonds. The molecule has 0 aliphatic rings. The number of anilines is 1. The minimum Gasteiger partial charge on any atom is -0.411 e. The van der Waals surface area contributed by atoms with E-state index < -0.39 is 10.0 Å². The largest absolute Gasteiger partial charge is 0.411 e. The van der Waals surface area contributed by atoms with Gasteiger partial charge in [-0.25, -0.2) is 13.6 Å². The highest BCUT2D eigenvalue weighted by atomic mass is 32.2. The fourth-order valence-electron chi connectivity index (χ4n) is 2.39. The first-order chi connectivity index (χ1) is 13.2. The predicted octanol–water partition coefficient (Wildman–Crippen LogP) is 2.73. The normalized spacial score (nSPS) is 11.4. The Labute approximate surface area is 166 Å². The van der Waals surface area contributed by atoms with Crippen molar-refractivity contribution in [2.75, 3.05) is 11.1 Å². The first-order valence-electron chi connectivity index (χ1n) is 8.19. The molecule has 10 heteroatoms. The lowest BCUT2D eigenvalue weighted by atomic mass is 10.1. The highest BCUT2D eigenvalue weighted by Gasteiger charge is 2.14. The number of nitrogens with one attached hydrogen (secondary N) is 1. The van der Waals surface area contributed by atoms with E-state index in [0.29, 0.717) is 17.1 Å².